The summed E-state index contributed by atoms with van der Waals surface area (Å²) in [5.41, 5.74) is 2.72. The van der Waals surface area contributed by atoms with Crippen molar-refractivity contribution in [3.05, 3.63) is 28.8 Å². The second-order valence-corrected chi connectivity index (χ2v) is 17.8. The molecule has 0 bridgehead atoms. The van der Waals surface area contributed by atoms with Gasteiger partial charge < -0.3 is 5.11 Å². The van der Waals surface area contributed by atoms with E-state index in [-0.39, 0.29) is 5.25 Å². The van der Waals surface area contributed by atoms with Gasteiger partial charge in [0.2, 0.25) is 0 Å². The quantitative estimate of drug-likeness (QED) is 0.488. The van der Waals surface area contributed by atoms with Crippen molar-refractivity contribution in [2.45, 2.75) is 115 Å². The van der Waals surface area contributed by atoms with Gasteiger partial charge in [0.25, 0.3) is 0 Å². The van der Waals surface area contributed by atoms with E-state index in [2.05, 4.69) is 73.3 Å². The summed E-state index contributed by atoms with van der Waals surface area (Å²) in [5.74, 6) is 1.04. The minimum absolute atomic E-state index is 0.246. The fourth-order valence-electron chi connectivity index (χ4n) is 3.41. The molecule has 156 valence electrons. The molecular weight excluding hydrogens is 368 g/mol. The van der Waals surface area contributed by atoms with Crippen LogP contribution in [0.4, 0.5) is 0 Å². The van der Waals surface area contributed by atoms with Crippen molar-refractivity contribution in [3.8, 4) is 0 Å². The third-order valence-electron chi connectivity index (χ3n) is 5.12. The Morgan fingerprint density at radius 1 is 0.926 bits per heavy atom. The van der Waals surface area contributed by atoms with E-state index < -0.39 is 24.5 Å². The molecule has 0 saturated heterocycles. The SMILES string of the molecule is CC(C)c1cc(C(C)C)c(S(=O)C(C[Si](C)(C)C)C(C)(C)O)c(C(C)C)c1. The van der Waals surface area contributed by atoms with Gasteiger partial charge in [0.1, 0.15) is 0 Å². The van der Waals surface area contributed by atoms with E-state index in [4.69, 9.17) is 0 Å². The van der Waals surface area contributed by atoms with Crippen LogP contribution in [0, 0.1) is 0 Å². The van der Waals surface area contributed by atoms with Gasteiger partial charge in [0.05, 0.1) is 21.7 Å². The molecule has 0 amide bonds. The molecule has 1 aromatic carbocycles. The molecule has 0 fully saturated rings. The Balaban J connectivity index is 3.72. The molecule has 0 aliphatic carbocycles. The molecule has 0 spiro atoms. The van der Waals surface area contributed by atoms with Crippen molar-refractivity contribution in [2.24, 2.45) is 0 Å². The first kappa shape index (κ1) is 24.6. The second kappa shape index (κ2) is 8.92. The van der Waals surface area contributed by atoms with Gasteiger partial charge in [0, 0.05) is 13.0 Å². The largest absolute Gasteiger partial charge is 0.389 e. The molecule has 2 nitrogen and oxygen atoms in total. The van der Waals surface area contributed by atoms with E-state index in [0.29, 0.717) is 17.8 Å². The van der Waals surface area contributed by atoms with E-state index in [9.17, 15) is 9.32 Å². The van der Waals surface area contributed by atoms with Crippen LogP contribution in [-0.4, -0.2) is 28.2 Å². The van der Waals surface area contributed by atoms with Gasteiger partial charge in [-0.1, -0.05) is 73.3 Å². The van der Waals surface area contributed by atoms with Gasteiger partial charge in [-0.15, -0.1) is 0 Å². The zero-order chi connectivity index (χ0) is 21.3. The van der Waals surface area contributed by atoms with Crippen molar-refractivity contribution < 1.29 is 9.32 Å². The molecule has 1 N–H and O–H groups in total. The van der Waals surface area contributed by atoms with E-state index in [1.807, 2.05) is 13.8 Å². The molecule has 2 unspecified atom stereocenters. The molecule has 0 heterocycles. The lowest BCUT2D eigenvalue weighted by atomic mass is 9.89. The molecule has 0 aliphatic rings. The number of benzene rings is 1. The average molecular weight is 411 g/mol. The lowest BCUT2D eigenvalue weighted by molar-refractivity contribution is 0.0806. The molecule has 2 atom stereocenters. The summed E-state index contributed by atoms with van der Waals surface area (Å²) in [4.78, 5) is 0.981. The Morgan fingerprint density at radius 2 is 1.33 bits per heavy atom. The van der Waals surface area contributed by atoms with Crippen LogP contribution in [0.5, 0.6) is 0 Å². The van der Waals surface area contributed by atoms with E-state index in [1.54, 1.807) is 0 Å². The van der Waals surface area contributed by atoms with Crippen LogP contribution >= 0.6 is 0 Å². The molecule has 0 saturated carbocycles. The Bertz CT molecular complexity index is 635. The molecule has 0 aromatic heterocycles. The number of hydrogen-bond donors (Lipinski definition) is 1. The zero-order valence-electron chi connectivity index (χ0n) is 19.4. The van der Waals surface area contributed by atoms with Gasteiger partial charge in [-0.2, -0.15) is 0 Å². The third-order valence-corrected chi connectivity index (χ3v) is 9.19. The maximum absolute atomic E-state index is 14.0. The fourth-order valence-corrected chi connectivity index (χ4v) is 8.99. The molecule has 1 aromatic rings. The first-order valence-corrected chi connectivity index (χ1v) is 15.3. The molecule has 27 heavy (non-hydrogen) atoms. The van der Waals surface area contributed by atoms with Gasteiger partial charge in [0.15, 0.2) is 0 Å². The number of rotatable bonds is 8. The van der Waals surface area contributed by atoms with Crippen LogP contribution in [-0.2, 0) is 10.8 Å². The summed E-state index contributed by atoms with van der Waals surface area (Å²) in [6.45, 7) is 23.7. The summed E-state index contributed by atoms with van der Waals surface area (Å²) >= 11 is 0. The molecule has 1 rings (SSSR count). The summed E-state index contributed by atoms with van der Waals surface area (Å²) in [6, 6.07) is 5.36. The first-order chi connectivity index (χ1) is 12.1. The third kappa shape index (κ3) is 6.54. The summed E-state index contributed by atoms with van der Waals surface area (Å²) in [5, 5.41) is 10.7. The van der Waals surface area contributed by atoms with Crippen LogP contribution in [0.15, 0.2) is 17.0 Å². The Labute approximate surface area is 171 Å². The molecule has 0 radical (unpaired) electrons. The molecule has 0 aliphatic heterocycles. The molecular formula is C23H42O2SSi. The summed E-state index contributed by atoms with van der Waals surface area (Å²) < 4.78 is 14.0. The highest BCUT2D eigenvalue weighted by Gasteiger charge is 2.38. The van der Waals surface area contributed by atoms with Crippen molar-refractivity contribution >= 4 is 18.9 Å². The lowest BCUT2D eigenvalue weighted by Gasteiger charge is -2.35. The minimum atomic E-state index is -1.50. The number of aliphatic hydroxyl groups is 1. The smallest absolute Gasteiger partial charge is 0.0735 e. The van der Waals surface area contributed by atoms with Gasteiger partial charge in [-0.25, -0.2) is 0 Å². The predicted octanol–water partition coefficient (Wildman–Crippen LogP) is 6.64. The fraction of sp³-hybridized carbons (Fsp3) is 0.739. The summed E-state index contributed by atoms with van der Waals surface area (Å²) in [7, 11) is -2.73. The lowest BCUT2D eigenvalue weighted by Crippen LogP contribution is -2.44. The van der Waals surface area contributed by atoms with Crippen molar-refractivity contribution in [1.82, 2.24) is 0 Å². The minimum Gasteiger partial charge on any atom is -0.389 e. The highest BCUT2D eigenvalue weighted by Crippen LogP contribution is 2.38. The predicted molar refractivity (Wildman–Crippen MR) is 123 cm³/mol. The Kier molecular flexibility index (Phi) is 8.12. The second-order valence-electron chi connectivity index (χ2n) is 10.7. The maximum atomic E-state index is 14.0. The van der Waals surface area contributed by atoms with Crippen molar-refractivity contribution in [1.29, 1.82) is 0 Å². The standard InChI is InChI=1S/C23H42O2SSi/c1-15(2)18-12-19(16(3)4)22(20(13-18)17(5)6)26(25)21(23(7,8)24)14-27(9,10)11/h12-13,15-17,21,24H,14H2,1-11H3. The van der Waals surface area contributed by atoms with Crippen LogP contribution in [0.1, 0.15) is 89.8 Å². The Morgan fingerprint density at radius 3 is 1.59 bits per heavy atom. The maximum Gasteiger partial charge on any atom is 0.0735 e. The normalized spacial score (nSPS) is 15.7. The van der Waals surface area contributed by atoms with E-state index >= 15 is 0 Å². The monoisotopic (exact) mass is 410 g/mol. The van der Waals surface area contributed by atoms with Crippen molar-refractivity contribution in [3.63, 3.8) is 0 Å². The zero-order valence-corrected chi connectivity index (χ0v) is 21.3. The van der Waals surface area contributed by atoms with Crippen LogP contribution in [0.2, 0.25) is 25.7 Å². The van der Waals surface area contributed by atoms with Crippen molar-refractivity contribution in [2.75, 3.05) is 0 Å². The highest BCUT2D eigenvalue weighted by molar-refractivity contribution is 7.86. The van der Waals surface area contributed by atoms with Crippen LogP contribution in [0.25, 0.3) is 0 Å². The van der Waals surface area contributed by atoms with Gasteiger partial charge in [-0.3, -0.25) is 4.21 Å². The van der Waals surface area contributed by atoms with Gasteiger partial charge >= 0.3 is 0 Å². The molecule has 4 heteroatoms. The highest BCUT2D eigenvalue weighted by atomic mass is 32.2. The van der Waals surface area contributed by atoms with E-state index in [1.165, 1.54) is 16.7 Å². The van der Waals surface area contributed by atoms with E-state index in [0.717, 1.165) is 10.9 Å². The first-order valence-electron chi connectivity index (χ1n) is 10.4. The van der Waals surface area contributed by atoms with Gasteiger partial charge in [-0.05, 0) is 54.3 Å². The van der Waals surface area contributed by atoms with Crippen LogP contribution < -0.4 is 0 Å². The topological polar surface area (TPSA) is 37.3 Å². The Hall–Kier alpha value is -0.453. The summed E-state index contributed by atoms with van der Waals surface area (Å²) in [6.07, 6.45) is 0. The van der Waals surface area contributed by atoms with Crippen LogP contribution in [0.3, 0.4) is 0 Å². The average Bonchev–Trinajstić information content (AvgIpc) is 2.48. The number of hydrogen-bond acceptors (Lipinski definition) is 2.